The van der Waals surface area contributed by atoms with Crippen LogP contribution in [0.1, 0.15) is 25.0 Å². The van der Waals surface area contributed by atoms with E-state index >= 15 is 0 Å². The first-order valence-corrected chi connectivity index (χ1v) is 18.6. The number of aryl methyl sites for hydroxylation is 1. The van der Waals surface area contributed by atoms with Crippen molar-refractivity contribution >= 4 is 14.0 Å². The fourth-order valence-electron chi connectivity index (χ4n) is 4.67. The van der Waals surface area contributed by atoms with E-state index in [1.54, 1.807) is 27.2 Å². The van der Waals surface area contributed by atoms with E-state index in [1.807, 2.05) is 66.2 Å². The lowest BCUT2D eigenvalue weighted by Gasteiger charge is -2.21. The summed E-state index contributed by atoms with van der Waals surface area (Å²) in [5.74, 6) is 1.48. The highest BCUT2D eigenvalue weighted by Gasteiger charge is 2.30. The number of pyridine rings is 1. The summed E-state index contributed by atoms with van der Waals surface area (Å²) >= 11 is 0. The predicted octanol–water partition coefficient (Wildman–Crippen LogP) is 7.36. The number of nitriles is 1. The summed E-state index contributed by atoms with van der Waals surface area (Å²) in [5, 5.41) is 10.3. The Balaban J connectivity index is 1.64. The van der Waals surface area contributed by atoms with Gasteiger partial charge >= 0.3 is 5.97 Å². The summed E-state index contributed by atoms with van der Waals surface area (Å²) in [6.07, 6.45) is 3.69. The zero-order valence-corrected chi connectivity index (χ0v) is 28.4. The third kappa shape index (κ3) is 8.38. The van der Waals surface area contributed by atoms with Crippen LogP contribution in [0.15, 0.2) is 60.9 Å². The average molecular weight is 627 g/mol. The third-order valence-corrected chi connectivity index (χ3v) is 9.19. The summed E-state index contributed by atoms with van der Waals surface area (Å²) in [4.78, 5) is 21.4. The van der Waals surface area contributed by atoms with E-state index in [2.05, 4.69) is 30.7 Å². The molecular weight excluding hydrogens is 584 g/mol. The number of hydrogen-bond acceptors (Lipinski definition) is 8. The molecule has 0 aliphatic carbocycles. The summed E-state index contributed by atoms with van der Waals surface area (Å²) in [6.45, 7) is 13.6. The lowest BCUT2D eigenvalue weighted by Crippen LogP contribution is -2.32. The molecule has 4 rings (SSSR count). The summed E-state index contributed by atoms with van der Waals surface area (Å²) < 4.78 is 24.1. The van der Waals surface area contributed by atoms with Crippen molar-refractivity contribution in [2.45, 2.75) is 53.2 Å². The summed E-state index contributed by atoms with van der Waals surface area (Å²) in [5.41, 5.74) is 4.75. The van der Waals surface area contributed by atoms with Gasteiger partial charge in [0.05, 0.1) is 37.0 Å². The first-order valence-electron chi connectivity index (χ1n) is 14.9. The van der Waals surface area contributed by atoms with Crippen LogP contribution in [0, 0.1) is 23.7 Å². The van der Waals surface area contributed by atoms with Crippen LogP contribution < -0.4 is 9.47 Å². The van der Waals surface area contributed by atoms with E-state index in [9.17, 15) is 10.1 Å². The minimum absolute atomic E-state index is 0.131. The molecule has 0 radical (unpaired) electrons. The zero-order chi connectivity index (χ0) is 32.8. The van der Waals surface area contributed by atoms with Gasteiger partial charge < -0.3 is 23.5 Å². The van der Waals surface area contributed by atoms with Gasteiger partial charge in [-0.05, 0) is 74.3 Å². The average Bonchev–Trinajstić information content (AvgIpc) is 3.45. The van der Waals surface area contributed by atoms with Crippen LogP contribution >= 0.6 is 0 Å². The molecule has 0 amide bonds. The molecule has 0 atom stereocenters. The Morgan fingerprint density at radius 1 is 1.02 bits per heavy atom. The monoisotopic (exact) mass is 626 g/mol. The van der Waals surface area contributed by atoms with E-state index in [1.165, 1.54) is 7.11 Å². The molecule has 0 bridgehead atoms. The second kappa shape index (κ2) is 14.1. The molecule has 0 spiro atoms. The van der Waals surface area contributed by atoms with Crippen molar-refractivity contribution in [2.24, 2.45) is 5.41 Å². The fraction of sp³-hybridized carbons (Fsp3) is 0.371. The maximum atomic E-state index is 12.0. The number of benzene rings is 2. The molecular formula is C35H42N4O5Si. The minimum Gasteiger partial charge on any atom is -0.497 e. The molecule has 0 fully saturated rings. The highest BCUT2D eigenvalue weighted by Crippen LogP contribution is 2.33. The van der Waals surface area contributed by atoms with Crippen LogP contribution in [-0.2, 0) is 21.0 Å². The number of aromatic nitrogens is 3. The first kappa shape index (κ1) is 33.4. The Morgan fingerprint density at radius 2 is 1.73 bits per heavy atom. The number of imidazole rings is 1. The topological polar surface area (TPSA) is 108 Å². The molecule has 9 nitrogen and oxygen atoms in total. The van der Waals surface area contributed by atoms with Crippen LogP contribution in [0.4, 0.5) is 0 Å². The molecule has 2 aromatic carbocycles. The summed E-state index contributed by atoms with van der Waals surface area (Å²) in [6, 6.07) is 18.8. The van der Waals surface area contributed by atoms with Gasteiger partial charge in [0.1, 0.15) is 24.9 Å². The molecule has 0 saturated carbocycles. The quantitative estimate of drug-likeness (QED) is 0.0861. The van der Waals surface area contributed by atoms with Gasteiger partial charge in [0, 0.05) is 49.8 Å². The largest absolute Gasteiger partial charge is 0.497 e. The molecule has 0 N–H and O–H groups in total. The van der Waals surface area contributed by atoms with Crippen molar-refractivity contribution in [3.63, 3.8) is 0 Å². The van der Waals surface area contributed by atoms with Crippen molar-refractivity contribution < 1.29 is 23.7 Å². The molecule has 2 aromatic heterocycles. The van der Waals surface area contributed by atoms with Gasteiger partial charge in [-0.2, -0.15) is 5.26 Å². The normalized spacial score (nSPS) is 11.6. The smallest absolute Gasteiger partial charge is 0.314 e. The molecule has 45 heavy (non-hydrogen) atoms. The molecule has 4 aromatic rings. The number of hydrogen-bond donors (Lipinski definition) is 0. The number of nitrogens with zero attached hydrogens (tertiary/aromatic N) is 4. The maximum absolute atomic E-state index is 12.0. The fourth-order valence-corrected chi connectivity index (χ4v) is 5.43. The summed E-state index contributed by atoms with van der Waals surface area (Å²) in [7, 11) is 1.75. The highest BCUT2D eigenvalue weighted by molar-refractivity contribution is 6.76. The zero-order valence-electron chi connectivity index (χ0n) is 27.4. The van der Waals surface area contributed by atoms with Crippen molar-refractivity contribution in [1.29, 1.82) is 5.26 Å². The van der Waals surface area contributed by atoms with Gasteiger partial charge in [-0.3, -0.25) is 4.79 Å². The standard InChI is InChI=1S/C35H42N4O5Si/c1-24-17-32(44-22-35(2,3)34(40)42-5)37-20-30(24)26-11-14-29(27(18-26)19-36)33-38-31(25-9-12-28(41-4)13-10-25)21-39(33)23-43-15-16-45(6,7)8/h9-14,17-18,20-21H,15-16,22-23H2,1-8H3. The van der Waals surface area contributed by atoms with Gasteiger partial charge in [-0.1, -0.05) is 25.7 Å². The number of carbonyl (C=O) groups excluding carboxylic acids is 1. The maximum Gasteiger partial charge on any atom is 0.314 e. The van der Waals surface area contributed by atoms with Crippen molar-refractivity contribution in [2.75, 3.05) is 27.4 Å². The Hall–Kier alpha value is -4.46. The number of ether oxygens (including phenoxy) is 4. The van der Waals surface area contributed by atoms with Crippen molar-refractivity contribution in [3.05, 3.63) is 72.1 Å². The molecule has 236 valence electrons. The molecule has 10 heteroatoms. The lowest BCUT2D eigenvalue weighted by atomic mass is 9.95. The van der Waals surface area contributed by atoms with Crippen LogP contribution in [0.2, 0.25) is 25.7 Å². The molecule has 0 aliphatic rings. The number of methoxy groups -OCH3 is 2. The number of esters is 1. The van der Waals surface area contributed by atoms with Crippen LogP contribution in [-0.4, -0.2) is 56.0 Å². The van der Waals surface area contributed by atoms with E-state index in [4.69, 9.17) is 23.9 Å². The van der Waals surface area contributed by atoms with Gasteiger partial charge in [-0.15, -0.1) is 0 Å². The Kier molecular flexibility index (Phi) is 10.5. The Labute approximate surface area is 266 Å². The second-order valence-electron chi connectivity index (χ2n) is 12.9. The Bertz CT molecular complexity index is 1680. The van der Waals surface area contributed by atoms with Gasteiger partial charge in [-0.25, -0.2) is 9.97 Å². The van der Waals surface area contributed by atoms with Gasteiger partial charge in [0.15, 0.2) is 0 Å². The van der Waals surface area contributed by atoms with Crippen LogP contribution in [0.3, 0.4) is 0 Å². The van der Waals surface area contributed by atoms with Gasteiger partial charge in [0.25, 0.3) is 0 Å². The molecule has 2 heterocycles. The lowest BCUT2D eigenvalue weighted by molar-refractivity contribution is -0.152. The van der Waals surface area contributed by atoms with E-state index < -0.39 is 13.5 Å². The Morgan fingerprint density at radius 3 is 2.36 bits per heavy atom. The van der Waals surface area contributed by atoms with E-state index in [0.717, 1.165) is 39.7 Å². The van der Waals surface area contributed by atoms with E-state index in [-0.39, 0.29) is 12.6 Å². The first-order chi connectivity index (χ1) is 21.3. The van der Waals surface area contributed by atoms with Crippen molar-refractivity contribution in [3.8, 4) is 51.5 Å². The molecule has 0 unspecified atom stereocenters. The number of rotatable bonds is 13. The second-order valence-corrected chi connectivity index (χ2v) is 18.5. The SMILES string of the molecule is COC(=O)C(C)(C)COc1cc(C)c(-c2ccc(-c3nc(-c4ccc(OC)cc4)cn3COCC[Si](C)(C)C)c(C#N)c2)cn1. The highest BCUT2D eigenvalue weighted by atomic mass is 28.3. The third-order valence-electron chi connectivity index (χ3n) is 7.49. The molecule has 0 saturated heterocycles. The van der Waals surface area contributed by atoms with Crippen LogP contribution in [0.25, 0.3) is 33.8 Å². The van der Waals surface area contributed by atoms with E-state index in [0.29, 0.717) is 36.2 Å². The van der Waals surface area contributed by atoms with Crippen LogP contribution in [0.5, 0.6) is 11.6 Å². The minimum atomic E-state index is -1.25. The number of carbonyl (C=O) groups is 1. The molecule has 0 aliphatic heterocycles. The van der Waals surface area contributed by atoms with Crippen molar-refractivity contribution in [1.82, 2.24) is 14.5 Å². The predicted molar refractivity (Wildman–Crippen MR) is 178 cm³/mol. The van der Waals surface area contributed by atoms with Gasteiger partial charge in [0.2, 0.25) is 5.88 Å².